The van der Waals surface area contributed by atoms with Gasteiger partial charge in [-0.2, -0.15) is 5.10 Å². The van der Waals surface area contributed by atoms with Crippen LogP contribution in [0, 0.1) is 0 Å². The first-order chi connectivity index (χ1) is 9.58. The summed E-state index contributed by atoms with van der Waals surface area (Å²) in [5.74, 6) is -0.399. The topological polar surface area (TPSA) is 63.5 Å². The fourth-order valence-corrected chi connectivity index (χ4v) is 1.72. The summed E-state index contributed by atoms with van der Waals surface area (Å²) in [4.78, 5) is 23.0. The van der Waals surface area contributed by atoms with E-state index in [-0.39, 0.29) is 5.56 Å². The number of aryl methyl sites for hydroxylation is 1. The SMILES string of the molecule is Cn1cc(C(=O)NN=Cc2ccccc2Cl)ccc1=O. The van der Waals surface area contributed by atoms with E-state index in [9.17, 15) is 9.59 Å². The van der Waals surface area contributed by atoms with Gasteiger partial charge in [-0.25, -0.2) is 5.43 Å². The molecule has 0 saturated heterocycles. The van der Waals surface area contributed by atoms with Gasteiger partial charge in [0.1, 0.15) is 0 Å². The number of pyridine rings is 1. The third-order valence-corrected chi connectivity index (χ3v) is 2.97. The van der Waals surface area contributed by atoms with Crippen molar-refractivity contribution >= 4 is 23.7 Å². The first-order valence-electron chi connectivity index (χ1n) is 5.82. The molecule has 20 heavy (non-hydrogen) atoms. The number of aromatic nitrogens is 1. The zero-order valence-electron chi connectivity index (χ0n) is 10.7. The van der Waals surface area contributed by atoms with Crippen LogP contribution in [0.2, 0.25) is 5.02 Å². The Morgan fingerprint density at radius 1 is 1.30 bits per heavy atom. The van der Waals surface area contributed by atoms with Crippen LogP contribution in [0.1, 0.15) is 15.9 Å². The molecule has 2 aromatic rings. The minimum Gasteiger partial charge on any atom is -0.318 e. The average molecular weight is 290 g/mol. The molecule has 1 amide bonds. The Kier molecular flexibility index (Phi) is 4.32. The maximum Gasteiger partial charge on any atom is 0.272 e. The summed E-state index contributed by atoms with van der Waals surface area (Å²) in [5, 5.41) is 4.38. The summed E-state index contributed by atoms with van der Waals surface area (Å²) in [7, 11) is 1.58. The lowest BCUT2D eigenvalue weighted by atomic mass is 10.2. The molecule has 0 aliphatic heterocycles. The van der Waals surface area contributed by atoms with Gasteiger partial charge in [-0.3, -0.25) is 9.59 Å². The Labute approximate surface area is 120 Å². The van der Waals surface area contributed by atoms with E-state index in [0.717, 1.165) is 0 Å². The third kappa shape index (κ3) is 3.33. The summed E-state index contributed by atoms with van der Waals surface area (Å²) >= 11 is 5.95. The normalized spacial score (nSPS) is 10.7. The number of amides is 1. The van der Waals surface area contributed by atoms with Gasteiger partial charge in [-0.05, 0) is 12.1 Å². The molecule has 0 unspecified atom stereocenters. The number of rotatable bonds is 3. The lowest BCUT2D eigenvalue weighted by Crippen LogP contribution is -2.22. The summed E-state index contributed by atoms with van der Waals surface area (Å²) in [5.41, 5.74) is 3.25. The second-order valence-electron chi connectivity index (χ2n) is 4.09. The molecule has 0 aliphatic rings. The molecule has 1 aromatic carbocycles. The van der Waals surface area contributed by atoms with Gasteiger partial charge in [0.05, 0.1) is 11.8 Å². The molecule has 0 fully saturated rings. The van der Waals surface area contributed by atoms with Gasteiger partial charge in [0.25, 0.3) is 5.91 Å². The molecule has 0 saturated carbocycles. The van der Waals surface area contributed by atoms with E-state index in [1.807, 2.05) is 12.1 Å². The van der Waals surface area contributed by atoms with Crippen molar-refractivity contribution in [2.24, 2.45) is 12.1 Å². The number of carbonyl (C=O) groups excluding carboxylic acids is 1. The largest absolute Gasteiger partial charge is 0.318 e. The molecule has 0 atom stereocenters. The van der Waals surface area contributed by atoms with Crippen molar-refractivity contribution < 1.29 is 4.79 Å². The van der Waals surface area contributed by atoms with Crippen molar-refractivity contribution in [1.29, 1.82) is 0 Å². The van der Waals surface area contributed by atoms with Gasteiger partial charge >= 0.3 is 0 Å². The minimum absolute atomic E-state index is 0.180. The van der Waals surface area contributed by atoms with Gasteiger partial charge in [0.2, 0.25) is 5.56 Å². The summed E-state index contributed by atoms with van der Waals surface area (Å²) in [6, 6.07) is 9.92. The Bertz CT molecular complexity index is 722. The standard InChI is InChI=1S/C14H12ClN3O2/c1-18-9-11(6-7-13(18)19)14(20)17-16-8-10-4-2-3-5-12(10)15/h2-9H,1H3,(H,17,20). The highest BCUT2D eigenvalue weighted by atomic mass is 35.5. The summed E-state index contributed by atoms with van der Waals surface area (Å²) in [6.45, 7) is 0. The molecule has 1 aromatic heterocycles. The fraction of sp³-hybridized carbons (Fsp3) is 0.0714. The lowest BCUT2D eigenvalue weighted by Gasteiger charge is -2.02. The van der Waals surface area contributed by atoms with Crippen molar-refractivity contribution in [3.63, 3.8) is 0 Å². The Hall–Kier alpha value is -2.40. The lowest BCUT2D eigenvalue weighted by molar-refractivity contribution is 0.0954. The van der Waals surface area contributed by atoms with Crippen molar-refractivity contribution in [3.05, 3.63) is 69.1 Å². The van der Waals surface area contributed by atoms with Crippen LogP contribution in [0.15, 0.2) is 52.5 Å². The number of carbonyl (C=O) groups is 1. The number of nitrogens with zero attached hydrogens (tertiary/aromatic N) is 2. The zero-order valence-corrected chi connectivity index (χ0v) is 11.5. The Morgan fingerprint density at radius 3 is 2.75 bits per heavy atom. The third-order valence-electron chi connectivity index (χ3n) is 2.62. The number of nitrogens with one attached hydrogen (secondary N) is 1. The Balaban J connectivity index is 2.07. The van der Waals surface area contributed by atoms with Gasteiger partial charge in [-0.1, -0.05) is 29.8 Å². The van der Waals surface area contributed by atoms with Crippen molar-refractivity contribution in [2.45, 2.75) is 0 Å². The van der Waals surface area contributed by atoms with Crippen LogP contribution in [-0.2, 0) is 7.05 Å². The highest BCUT2D eigenvalue weighted by molar-refractivity contribution is 6.33. The first-order valence-corrected chi connectivity index (χ1v) is 6.20. The number of halogens is 1. The maximum atomic E-state index is 11.8. The minimum atomic E-state index is -0.399. The fourth-order valence-electron chi connectivity index (χ4n) is 1.53. The number of hydrogen-bond donors (Lipinski definition) is 1. The van der Waals surface area contributed by atoms with Crippen LogP contribution in [0.5, 0.6) is 0 Å². The molecule has 1 N–H and O–H groups in total. The maximum absolute atomic E-state index is 11.8. The van der Waals surface area contributed by atoms with Crippen LogP contribution in [0.25, 0.3) is 0 Å². The molecule has 1 heterocycles. The average Bonchev–Trinajstić information content (AvgIpc) is 2.44. The van der Waals surface area contributed by atoms with Crippen LogP contribution >= 0.6 is 11.6 Å². The number of hydrogen-bond acceptors (Lipinski definition) is 3. The van der Waals surface area contributed by atoms with Crippen LogP contribution < -0.4 is 11.0 Å². The van der Waals surface area contributed by atoms with E-state index < -0.39 is 5.91 Å². The monoisotopic (exact) mass is 289 g/mol. The van der Waals surface area contributed by atoms with Gasteiger partial charge in [-0.15, -0.1) is 0 Å². The zero-order chi connectivity index (χ0) is 14.5. The molecule has 5 nitrogen and oxygen atoms in total. The molecule has 6 heteroatoms. The summed E-state index contributed by atoms with van der Waals surface area (Å²) in [6.07, 6.45) is 2.91. The van der Waals surface area contributed by atoms with E-state index >= 15 is 0 Å². The van der Waals surface area contributed by atoms with E-state index in [0.29, 0.717) is 16.1 Å². The molecule has 0 aliphatic carbocycles. The second kappa shape index (κ2) is 6.16. The molecular formula is C14H12ClN3O2. The van der Waals surface area contributed by atoms with Crippen LogP contribution in [0.3, 0.4) is 0 Å². The molecule has 0 bridgehead atoms. The molecule has 0 spiro atoms. The van der Waals surface area contributed by atoms with Crippen LogP contribution in [-0.4, -0.2) is 16.7 Å². The molecule has 2 rings (SSSR count). The smallest absolute Gasteiger partial charge is 0.272 e. The van der Waals surface area contributed by atoms with E-state index in [1.165, 1.54) is 29.1 Å². The molecule has 102 valence electrons. The first kappa shape index (κ1) is 14.0. The predicted molar refractivity (Wildman–Crippen MR) is 78.2 cm³/mol. The van der Waals surface area contributed by atoms with Gasteiger partial charge < -0.3 is 4.57 Å². The number of hydrazone groups is 1. The van der Waals surface area contributed by atoms with E-state index in [4.69, 9.17) is 11.6 Å². The van der Waals surface area contributed by atoms with Gasteiger partial charge in [0, 0.05) is 29.9 Å². The molecular weight excluding hydrogens is 278 g/mol. The quantitative estimate of drug-likeness (QED) is 0.692. The Morgan fingerprint density at radius 2 is 2.05 bits per heavy atom. The van der Waals surface area contributed by atoms with Crippen LogP contribution in [0.4, 0.5) is 0 Å². The van der Waals surface area contributed by atoms with E-state index in [1.54, 1.807) is 19.2 Å². The van der Waals surface area contributed by atoms with Gasteiger partial charge in [0.15, 0.2) is 0 Å². The highest BCUT2D eigenvalue weighted by Gasteiger charge is 2.05. The van der Waals surface area contributed by atoms with Crippen molar-refractivity contribution in [2.75, 3.05) is 0 Å². The van der Waals surface area contributed by atoms with Crippen molar-refractivity contribution in [1.82, 2.24) is 9.99 Å². The highest BCUT2D eigenvalue weighted by Crippen LogP contribution is 2.12. The summed E-state index contributed by atoms with van der Waals surface area (Å²) < 4.78 is 1.33. The predicted octanol–water partition coefficient (Wildman–Crippen LogP) is 1.80. The second-order valence-corrected chi connectivity index (χ2v) is 4.49. The van der Waals surface area contributed by atoms with E-state index in [2.05, 4.69) is 10.5 Å². The van der Waals surface area contributed by atoms with Crippen molar-refractivity contribution in [3.8, 4) is 0 Å². The number of benzene rings is 1. The molecule has 0 radical (unpaired) electrons.